The lowest BCUT2D eigenvalue weighted by Gasteiger charge is -2.67. The zero-order valence-electron chi connectivity index (χ0n) is 14.5. The molecule has 1 aromatic rings. The largest absolute Gasteiger partial charge is 0.297 e. The number of hydrogen-bond donors (Lipinski definition) is 0. The predicted octanol–water partition coefficient (Wildman–Crippen LogP) is 3.30. The third-order valence-electron chi connectivity index (χ3n) is 6.70. The van der Waals surface area contributed by atoms with Crippen molar-refractivity contribution in [2.75, 3.05) is 6.54 Å². The van der Waals surface area contributed by atoms with Crippen LogP contribution in [0.5, 0.6) is 0 Å². The molecule has 0 N–H and O–H groups in total. The molecule has 2 spiro atoms. The third kappa shape index (κ3) is 1.85. The molecule has 3 heteroatoms. The zero-order valence-corrected chi connectivity index (χ0v) is 14.5. The molecule has 6 rings (SSSR count). The van der Waals surface area contributed by atoms with Gasteiger partial charge in [-0.1, -0.05) is 36.3 Å². The van der Waals surface area contributed by atoms with Crippen LogP contribution in [-0.2, 0) is 10.2 Å². The Morgan fingerprint density at radius 3 is 2.58 bits per heavy atom. The van der Waals surface area contributed by atoms with Crippen LogP contribution in [-0.4, -0.2) is 17.9 Å². The average Bonchev–Trinajstić information content (AvgIpc) is 2.62. The highest BCUT2D eigenvalue weighted by Crippen LogP contribution is 2.71. The van der Waals surface area contributed by atoms with Crippen molar-refractivity contribution >= 4 is 5.78 Å². The second-order valence-corrected chi connectivity index (χ2v) is 8.51. The molecule has 1 heterocycles. The Labute approximate surface area is 153 Å². The highest BCUT2D eigenvalue weighted by molar-refractivity contribution is 6.00. The Morgan fingerprint density at radius 1 is 0.962 bits per heavy atom. The van der Waals surface area contributed by atoms with E-state index in [1.54, 1.807) is 0 Å². The van der Waals surface area contributed by atoms with Crippen molar-refractivity contribution in [2.45, 2.75) is 43.1 Å². The van der Waals surface area contributed by atoms with Crippen LogP contribution in [0.4, 0.5) is 0 Å². The number of nitrogens with zero attached hydrogens (tertiary/aromatic N) is 2. The summed E-state index contributed by atoms with van der Waals surface area (Å²) >= 11 is 0. The minimum absolute atomic E-state index is 0.0240. The van der Waals surface area contributed by atoms with Crippen LogP contribution in [0.15, 0.2) is 40.6 Å². The summed E-state index contributed by atoms with van der Waals surface area (Å²) < 4.78 is 0. The molecular formula is C23H18N2O. The summed E-state index contributed by atoms with van der Waals surface area (Å²) in [6, 6.07) is 10.2. The Bertz CT molecular complexity index is 1010. The maximum absolute atomic E-state index is 13.8. The highest BCUT2D eigenvalue weighted by atomic mass is 16.1. The number of carbonyl (C=O) groups excluding carboxylic acids is 1. The van der Waals surface area contributed by atoms with Gasteiger partial charge >= 0.3 is 0 Å². The van der Waals surface area contributed by atoms with Gasteiger partial charge in [-0.2, -0.15) is 10.2 Å². The van der Waals surface area contributed by atoms with Gasteiger partial charge in [0.25, 0.3) is 0 Å². The predicted molar refractivity (Wildman–Crippen MR) is 97.9 cm³/mol. The van der Waals surface area contributed by atoms with Crippen LogP contribution in [0.2, 0.25) is 0 Å². The van der Waals surface area contributed by atoms with E-state index in [2.05, 4.69) is 46.8 Å². The van der Waals surface area contributed by atoms with Gasteiger partial charge in [0.1, 0.15) is 0 Å². The fourth-order valence-electron chi connectivity index (χ4n) is 6.45. The number of hydrogen-bond acceptors (Lipinski definition) is 3. The monoisotopic (exact) mass is 338 g/mol. The van der Waals surface area contributed by atoms with Crippen LogP contribution < -0.4 is 0 Å². The van der Waals surface area contributed by atoms with E-state index in [-0.39, 0.29) is 16.7 Å². The minimum atomic E-state index is -0.673. The van der Waals surface area contributed by atoms with Gasteiger partial charge in [0, 0.05) is 0 Å². The van der Waals surface area contributed by atoms with Gasteiger partial charge < -0.3 is 0 Å². The summed E-state index contributed by atoms with van der Waals surface area (Å²) in [6.45, 7) is 0.704. The Morgan fingerprint density at radius 2 is 1.81 bits per heavy atom. The van der Waals surface area contributed by atoms with Crippen LogP contribution in [0.3, 0.4) is 0 Å². The molecule has 3 nitrogen and oxygen atoms in total. The lowest BCUT2D eigenvalue weighted by Crippen LogP contribution is -2.71. The van der Waals surface area contributed by atoms with Crippen LogP contribution in [0, 0.1) is 46.9 Å². The van der Waals surface area contributed by atoms with E-state index >= 15 is 0 Å². The van der Waals surface area contributed by atoms with E-state index in [4.69, 9.17) is 11.5 Å². The van der Waals surface area contributed by atoms with Gasteiger partial charge in [-0.25, -0.2) is 0 Å². The molecule has 4 unspecified atom stereocenters. The normalized spacial score (nSPS) is 40.8. The van der Waals surface area contributed by atoms with Crippen LogP contribution in [0.25, 0.3) is 0 Å². The summed E-state index contributed by atoms with van der Waals surface area (Å²) in [7, 11) is 0. The van der Waals surface area contributed by atoms with Crippen molar-refractivity contribution in [2.24, 2.45) is 21.1 Å². The lowest BCUT2D eigenvalue weighted by molar-refractivity contribution is -0.166. The van der Waals surface area contributed by atoms with Crippen LogP contribution in [0.1, 0.15) is 37.7 Å². The van der Waals surface area contributed by atoms with E-state index in [1.807, 2.05) is 18.2 Å². The number of benzene rings is 1. The Kier molecular flexibility index (Phi) is 2.89. The maximum atomic E-state index is 13.8. The molecule has 5 aliphatic rings. The third-order valence-corrected chi connectivity index (χ3v) is 6.70. The van der Waals surface area contributed by atoms with Crippen molar-refractivity contribution in [3.63, 3.8) is 0 Å². The van der Waals surface area contributed by atoms with E-state index in [9.17, 15) is 4.79 Å². The molecule has 1 aromatic carbocycles. The highest BCUT2D eigenvalue weighted by Gasteiger charge is 2.74. The van der Waals surface area contributed by atoms with E-state index < -0.39 is 10.8 Å². The summed E-state index contributed by atoms with van der Waals surface area (Å²) in [5.41, 5.74) is -0.296. The zero-order chi connectivity index (χ0) is 17.9. The second-order valence-electron chi connectivity index (χ2n) is 8.51. The fraction of sp³-hybridized carbons (Fsp3) is 0.435. The molecule has 0 radical (unpaired) electrons. The maximum Gasteiger partial charge on any atom is 0.161 e. The summed E-state index contributed by atoms with van der Waals surface area (Å²) in [5, 5.41) is 9.19. The van der Waals surface area contributed by atoms with E-state index in [1.165, 1.54) is 0 Å². The molecule has 4 aliphatic carbocycles. The molecule has 1 aliphatic heterocycles. The molecule has 4 saturated carbocycles. The molecule has 4 fully saturated rings. The molecule has 126 valence electrons. The van der Waals surface area contributed by atoms with Gasteiger partial charge in [0.15, 0.2) is 5.78 Å². The fourth-order valence-corrected chi connectivity index (χ4v) is 6.45. The molecule has 26 heavy (non-hydrogen) atoms. The minimum Gasteiger partial charge on any atom is -0.297 e. The topological polar surface area (TPSA) is 41.8 Å². The van der Waals surface area contributed by atoms with Gasteiger partial charge in [0.05, 0.1) is 22.9 Å². The lowest BCUT2D eigenvalue weighted by atomic mass is 9.35. The van der Waals surface area contributed by atoms with Gasteiger partial charge in [0.2, 0.25) is 0 Å². The number of terminal acetylenes is 1. The molecule has 4 atom stereocenters. The smallest absolute Gasteiger partial charge is 0.161 e. The Hall–Kier alpha value is -2.83. The SMILES string of the molecule is C#CC#CC#CC12CC34CN=NC(C3)(C1)CC(c1ccccc1)(C4)C2=O. The quantitative estimate of drug-likeness (QED) is 0.725. The molecule has 0 amide bonds. The number of rotatable bonds is 1. The first-order valence-electron chi connectivity index (χ1n) is 9.03. The second kappa shape index (κ2) is 4.87. The first-order valence-corrected chi connectivity index (χ1v) is 9.03. The van der Waals surface area contributed by atoms with Gasteiger partial charge in [-0.05, 0) is 66.8 Å². The summed E-state index contributed by atoms with van der Waals surface area (Å²) in [4.78, 5) is 13.8. The number of ketones is 1. The number of azo groups is 1. The molecule has 0 saturated heterocycles. The molecule has 0 aromatic heterocycles. The van der Waals surface area contributed by atoms with Crippen LogP contribution >= 0.6 is 0 Å². The van der Waals surface area contributed by atoms with Crippen molar-refractivity contribution in [3.8, 4) is 36.0 Å². The van der Waals surface area contributed by atoms with Crippen molar-refractivity contribution in [3.05, 3.63) is 35.9 Å². The van der Waals surface area contributed by atoms with Crippen molar-refractivity contribution in [1.29, 1.82) is 0 Å². The van der Waals surface area contributed by atoms with Crippen molar-refractivity contribution in [1.82, 2.24) is 0 Å². The van der Waals surface area contributed by atoms with Gasteiger partial charge in [-0.3, -0.25) is 4.79 Å². The molecular weight excluding hydrogens is 320 g/mol. The molecule has 4 bridgehead atoms. The van der Waals surface area contributed by atoms with Gasteiger partial charge in [-0.15, -0.1) is 6.42 Å². The number of Topliss-reactive ketones (excluding diaryl/α,β-unsaturated/α-hetero) is 1. The Balaban J connectivity index is 1.73. The van der Waals surface area contributed by atoms with E-state index in [0.717, 1.165) is 31.2 Å². The summed E-state index contributed by atoms with van der Waals surface area (Å²) in [5.74, 6) is 13.9. The standard InChI is InChI=1S/C23H18N2O/c1-2-3-4-8-11-21-12-20-13-22(15-21,25-24-17-20)16-23(14-20,19(21)26)18-9-6-5-7-10-18/h1,5-7,9-10H,12-17H2. The average molecular weight is 338 g/mol. The summed E-state index contributed by atoms with van der Waals surface area (Å²) in [6.07, 6.45) is 9.29. The van der Waals surface area contributed by atoms with E-state index in [0.29, 0.717) is 13.0 Å². The first kappa shape index (κ1) is 15.4. The first-order chi connectivity index (χ1) is 12.6. The number of carbonyl (C=O) groups is 1. The van der Waals surface area contributed by atoms with Crippen molar-refractivity contribution < 1.29 is 4.79 Å².